The maximum Gasteiger partial charge on any atom is 0.102 e. The molecule has 1 N–H and O–H groups in total. The van der Waals surface area contributed by atoms with Crippen molar-refractivity contribution in [2.75, 3.05) is 13.2 Å². The Morgan fingerprint density at radius 3 is 2.75 bits per heavy atom. The Hall–Kier alpha value is -1.52. The van der Waals surface area contributed by atoms with Gasteiger partial charge in [0, 0.05) is 19.0 Å². The lowest BCUT2D eigenvalue weighted by Crippen LogP contribution is -2.07. The van der Waals surface area contributed by atoms with Crippen LogP contribution in [0.25, 0.3) is 11.0 Å². The van der Waals surface area contributed by atoms with Crippen LogP contribution in [0.15, 0.2) is 30.6 Å². The second kappa shape index (κ2) is 5.01. The highest BCUT2D eigenvalue weighted by atomic mass is 16.5. The number of fused-ring (bicyclic) bond motifs is 1. The van der Waals surface area contributed by atoms with E-state index in [0.29, 0.717) is 13.2 Å². The molecule has 0 amide bonds. The van der Waals surface area contributed by atoms with Crippen molar-refractivity contribution in [3.63, 3.8) is 0 Å². The maximum atomic E-state index is 9.84. The van der Waals surface area contributed by atoms with E-state index in [1.165, 1.54) is 0 Å². The molecule has 2 aromatic rings. The van der Waals surface area contributed by atoms with E-state index in [1.54, 1.807) is 12.4 Å². The third-order valence-electron chi connectivity index (χ3n) is 2.36. The van der Waals surface area contributed by atoms with Gasteiger partial charge >= 0.3 is 0 Å². The van der Waals surface area contributed by atoms with Crippen molar-refractivity contribution in [1.82, 2.24) is 9.97 Å². The van der Waals surface area contributed by atoms with Crippen molar-refractivity contribution in [1.29, 1.82) is 0 Å². The molecule has 4 nitrogen and oxygen atoms in total. The summed E-state index contributed by atoms with van der Waals surface area (Å²) in [5, 5.41) is 9.84. The highest BCUT2D eigenvalue weighted by Gasteiger charge is 2.08. The number of hydrogen-bond donors (Lipinski definition) is 1. The van der Waals surface area contributed by atoms with Crippen LogP contribution in [0.4, 0.5) is 0 Å². The number of aliphatic hydroxyl groups is 1. The highest BCUT2D eigenvalue weighted by Crippen LogP contribution is 2.17. The minimum atomic E-state index is -0.605. The van der Waals surface area contributed by atoms with Crippen molar-refractivity contribution in [3.8, 4) is 0 Å². The van der Waals surface area contributed by atoms with Crippen LogP contribution in [0, 0.1) is 0 Å². The van der Waals surface area contributed by atoms with Gasteiger partial charge in [0.15, 0.2) is 0 Å². The lowest BCUT2D eigenvalue weighted by atomic mass is 10.1. The Bertz CT molecular complexity index is 473. The van der Waals surface area contributed by atoms with Gasteiger partial charge in [-0.3, -0.25) is 9.97 Å². The molecular weight excluding hydrogens is 204 g/mol. The zero-order chi connectivity index (χ0) is 11.4. The summed E-state index contributed by atoms with van der Waals surface area (Å²) in [7, 11) is 0. The lowest BCUT2D eigenvalue weighted by Gasteiger charge is -2.10. The third-order valence-corrected chi connectivity index (χ3v) is 2.36. The Balaban J connectivity index is 2.25. The molecule has 0 aliphatic rings. The fraction of sp³-hybridized carbons (Fsp3) is 0.333. The van der Waals surface area contributed by atoms with Gasteiger partial charge in [-0.15, -0.1) is 0 Å². The van der Waals surface area contributed by atoms with E-state index in [0.717, 1.165) is 16.6 Å². The molecule has 0 radical (unpaired) electrons. The van der Waals surface area contributed by atoms with Crippen molar-refractivity contribution < 1.29 is 9.84 Å². The SMILES string of the molecule is CCOCC(O)c1ccc2nccnc2c1. The average molecular weight is 218 g/mol. The first-order valence-corrected chi connectivity index (χ1v) is 5.27. The molecule has 1 unspecified atom stereocenters. The lowest BCUT2D eigenvalue weighted by molar-refractivity contribution is 0.0421. The molecule has 1 atom stereocenters. The smallest absolute Gasteiger partial charge is 0.102 e. The summed E-state index contributed by atoms with van der Waals surface area (Å²) < 4.78 is 5.18. The van der Waals surface area contributed by atoms with E-state index in [-0.39, 0.29) is 0 Å². The minimum Gasteiger partial charge on any atom is -0.386 e. The zero-order valence-corrected chi connectivity index (χ0v) is 9.13. The molecule has 0 spiro atoms. The number of rotatable bonds is 4. The van der Waals surface area contributed by atoms with Crippen molar-refractivity contribution in [3.05, 3.63) is 36.2 Å². The first kappa shape index (κ1) is 11.0. The first-order chi connectivity index (χ1) is 7.81. The van der Waals surface area contributed by atoms with Gasteiger partial charge in [-0.25, -0.2) is 0 Å². The summed E-state index contributed by atoms with van der Waals surface area (Å²) in [6, 6.07) is 5.54. The van der Waals surface area contributed by atoms with Gasteiger partial charge in [0.2, 0.25) is 0 Å². The van der Waals surface area contributed by atoms with Crippen LogP contribution < -0.4 is 0 Å². The van der Waals surface area contributed by atoms with Crippen LogP contribution in [-0.4, -0.2) is 28.3 Å². The van der Waals surface area contributed by atoms with Gasteiger partial charge < -0.3 is 9.84 Å². The van der Waals surface area contributed by atoms with E-state index in [1.807, 2.05) is 25.1 Å². The van der Waals surface area contributed by atoms with Crippen LogP contribution in [0.1, 0.15) is 18.6 Å². The zero-order valence-electron chi connectivity index (χ0n) is 9.13. The Labute approximate surface area is 93.9 Å². The topological polar surface area (TPSA) is 55.2 Å². The van der Waals surface area contributed by atoms with Gasteiger partial charge in [0.05, 0.1) is 17.6 Å². The second-order valence-electron chi connectivity index (χ2n) is 3.48. The summed E-state index contributed by atoms with van der Waals surface area (Å²) in [5.74, 6) is 0. The van der Waals surface area contributed by atoms with Crippen molar-refractivity contribution in [2.45, 2.75) is 13.0 Å². The molecule has 84 valence electrons. The fourth-order valence-corrected chi connectivity index (χ4v) is 1.51. The molecule has 0 aliphatic heterocycles. The van der Waals surface area contributed by atoms with Crippen LogP contribution in [-0.2, 0) is 4.74 Å². The van der Waals surface area contributed by atoms with E-state index in [4.69, 9.17) is 4.74 Å². The Kier molecular flexibility index (Phi) is 3.44. The predicted octanol–water partition coefficient (Wildman–Crippen LogP) is 1.70. The van der Waals surface area contributed by atoms with Gasteiger partial charge in [-0.1, -0.05) is 6.07 Å². The molecule has 1 aromatic heterocycles. The summed E-state index contributed by atoms with van der Waals surface area (Å²) in [6.07, 6.45) is 2.69. The predicted molar refractivity (Wildman–Crippen MR) is 61.0 cm³/mol. The molecule has 0 saturated carbocycles. The van der Waals surface area contributed by atoms with Gasteiger partial charge in [-0.05, 0) is 24.6 Å². The Morgan fingerprint density at radius 1 is 1.25 bits per heavy atom. The van der Waals surface area contributed by atoms with Crippen molar-refractivity contribution in [2.24, 2.45) is 0 Å². The maximum absolute atomic E-state index is 9.84. The molecule has 1 aromatic carbocycles. The van der Waals surface area contributed by atoms with Gasteiger partial charge in [-0.2, -0.15) is 0 Å². The largest absolute Gasteiger partial charge is 0.386 e. The Morgan fingerprint density at radius 2 is 2.00 bits per heavy atom. The standard InChI is InChI=1S/C12H14N2O2/c1-2-16-8-12(15)9-3-4-10-11(7-9)14-6-5-13-10/h3-7,12,15H,2,8H2,1H3. The molecule has 4 heteroatoms. The number of aliphatic hydroxyl groups excluding tert-OH is 1. The normalized spacial score (nSPS) is 12.9. The third kappa shape index (κ3) is 2.35. The second-order valence-corrected chi connectivity index (χ2v) is 3.48. The van der Waals surface area contributed by atoms with Gasteiger partial charge in [0.25, 0.3) is 0 Å². The number of benzene rings is 1. The molecule has 16 heavy (non-hydrogen) atoms. The van der Waals surface area contributed by atoms with Crippen LogP contribution in [0.2, 0.25) is 0 Å². The number of ether oxygens (including phenoxy) is 1. The molecule has 0 saturated heterocycles. The van der Waals surface area contributed by atoms with E-state index >= 15 is 0 Å². The molecule has 0 fully saturated rings. The molecule has 0 bridgehead atoms. The molecule has 0 aliphatic carbocycles. The molecule has 2 rings (SSSR count). The number of hydrogen-bond acceptors (Lipinski definition) is 4. The quantitative estimate of drug-likeness (QED) is 0.848. The summed E-state index contributed by atoms with van der Waals surface area (Å²) in [4.78, 5) is 8.36. The van der Waals surface area contributed by atoms with E-state index in [9.17, 15) is 5.11 Å². The fourth-order valence-electron chi connectivity index (χ4n) is 1.51. The molecular formula is C12H14N2O2. The van der Waals surface area contributed by atoms with Crippen molar-refractivity contribution >= 4 is 11.0 Å². The van der Waals surface area contributed by atoms with Gasteiger partial charge in [0.1, 0.15) is 6.10 Å². The average Bonchev–Trinajstić information content (AvgIpc) is 2.35. The first-order valence-electron chi connectivity index (χ1n) is 5.27. The van der Waals surface area contributed by atoms with Crippen LogP contribution >= 0.6 is 0 Å². The minimum absolute atomic E-state index is 0.308. The molecule has 1 heterocycles. The monoisotopic (exact) mass is 218 g/mol. The summed E-state index contributed by atoms with van der Waals surface area (Å²) in [5.41, 5.74) is 2.42. The highest BCUT2D eigenvalue weighted by molar-refractivity contribution is 5.74. The summed E-state index contributed by atoms with van der Waals surface area (Å²) in [6.45, 7) is 2.81. The number of aromatic nitrogens is 2. The summed E-state index contributed by atoms with van der Waals surface area (Å²) >= 11 is 0. The van der Waals surface area contributed by atoms with E-state index in [2.05, 4.69) is 9.97 Å². The number of nitrogens with zero attached hydrogens (tertiary/aromatic N) is 2. The van der Waals surface area contributed by atoms with E-state index < -0.39 is 6.10 Å². The van der Waals surface area contributed by atoms with Crippen LogP contribution in [0.3, 0.4) is 0 Å². The van der Waals surface area contributed by atoms with Crippen LogP contribution in [0.5, 0.6) is 0 Å².